The molecule has 2 aliphatic heterocycles. The lowest BCUT2D eigenvalue weighted by Gasteiger charge is -2.22. The van der Waals surface area contributed by atoms with E-state index < -0.39 is 21.8 Å². The number of nitrogens with one attached hydrogen (secondary N) is 1. The Hall–Kier alpha value is -2.65. The van der Waals surface area contributed by atoms with Crippen molar-refractivity contribution in [2.45, 2.75) is 37.0 Å². The molecule has 5 rings (SSSR count). The average Bonchev–Trinajstić information content (AvgIpc) is 3.48. The number of benzene rings is 2. The summed E-state index contributed by atoms with van der Waals surface area (Å²) in [6, 6.07) is 7.14. The number of likely N-dealkylation sites (tertiary alicyclic amines) is 1. The van der Waals surface area contributed by atoms with Gasteiger partial charge in [0.15, 0.2) is 0 Å². The molecule has 1 N–H and O–H groups in total. The Labute approximate surface area is 199 Å². The highest BCUT2D eigenvalue weighted by molar-refractivity contribution is 7.92. The summed E-state index contributed by atoms with van der Waals surface area (Å²) in [5, 5.41) is 0. The zero-order valence-electron chi connectivity index (χ0n) is 19.3. The van der Waals surface area contributed by atoms with Crippen molar-refractivity contribution in [3.63, 3.8) is 0 Å². The number of fused-ring (bicyclic) bond motifs is 3. The summed E-state index contributed by atoms with van der Waals surface area (Å²) in [6.07, 6.45) is 2.40. The molecule has 9 heteroatoms. The second-order valence-corrected chi connectivity index (χ2v) is 11.1. The number of ether oxygens (including phenoxy) is 2. The van der Waals surface area contributed by atoms with Gasteiger partial charge in [0, 0.05) is 12.5 Å². The third kappa shape index (κ3) is 4.27. The van der Waals surface area contributed by atoms with Gasteiger partial charge in [-0.2, -0.15) is 0 Å². The first-order chi connectivity index (χ1) is 16.3. The number of halogens is 1. The fraction of sp³-hybridized carbons (Fsp3) is 0.480. The third-order valence-corrected chi connectivity index (χ3v) is 8.69. The molecule has 1 saturated carbocycles. The van der Waals surface area contributed by atoms with Crippen LogP contribution in [-0.2, 0) is 21.2 Å². The molecule has 7 nitrogen and oxygen atoms in total. The fourth-order valence-electron chi connectivity index (χ4n) is 5.29. The molecule has 0 amide bonds. The van der Waals surface area contributed by atoms with E-state index in [1.165, 1.54) is 19.2 Å². The molecule has 2 unspecified atom stereocenters. The molecule has 2 heterocycles. The number of nitrogens with zero attached hydrogens (tertiary/aromatic N) is 1. The van der Waals surface area contributed by atoms with Crippen LogP contribution in [-0.4, -0.2) is 52.6 Å². The number of rotatable bonds is 7. The van der Waals surface area contributed by atoms with Crippen LogP contribution < -0.4 is 9.46 Å². The number of esters is 1. The first-order valence-electron chi connectivity index (χ1n) is 11.7. The Balaban J connectivity index is 1.48. The van der Waals surface area contributed by atoms with Crippen molar-refractivity contribution in [3.8, 4) is 5.75 Å². The summed E-state index contributed by atoms with van der Waals surface area (Å²) in [5.74, 6) is 0.271. The predicted molar refractivity (Wildman–Crippen MR) is 125 cm³/mol. The molecule has 3 aliphatic rings. The minimum absolute atomic E-state index is 0.0144. The van der Waals surface area contributed by atoms with Gasteiger partial charge in [-0.25, -0.2) is 17.6 Å². The van der Waals surface area contributed by atoms with E-state index >= 15 is 0 Å². The smallest absolute Gasteiger partial charge is 0.343 e. The quantitative estimate of drug-likeness (QED) is 0.597. The van der Waals surface area contributed by atoms with Crippen LogP contribution in [0.3, 0.4) is 0 Å². The van der Waals surface area contributed by atoms with Gasteiger partial charge < -0.3 is 14.4 Å². The van der Waals surface area contributed by atoms with Gasteiger partial charge in [0.2, 0.25) is 0 Å². The van der Waals surface area contributed by atoms with Crippen molar-refractivity contribution in [1.82, 2.24) is 4.90 Å². The van der Waals surface area contributed by atoms with Gasteiger partial charge in [-0.1, -0.05) is 13.0 Å². The maximum Gasteiger partial charge on any atom is 0.343 e. The monoisotopic (exact) mass is 488 g/mol. The van der Waals surface area contributed by atoms with Crippen molar-refractivity contribution in [1.29, 1.82) is 0 Å². The second-order valence-electron chi connectivity index (χ2n) is 9.42. The van der Waals surface area contributed by atoms with E-state index in [4.69, 9.17) is 9.47 Å². The maximum absolute atomic E-state index is 14.1. The lowest BCUT2D eigenvalue weighted by atomic mass is 9.98. The van der Waals surface area contributed by atoms with Gasteiger partial charge >= 0.3 is 5.97 Å². The third-order valence-electron chi connectivity index (χ3n) is 7.22. The predicted octanol–water partition coefficient (Wildman–Crippen LogP) is 3.79. The van der Waals surface area contributed by atoms with E-state index in [0.29, 0.717) is 36.2 Å². The molecule has 34 heavy (non-hydrogen) atoms. The van der Waals surface area contributed by atoms with E-state index in [2.05, 4.69) is 16.5 Å². The highest BCUT2D eigenvalue weighted by Gasteiger charge is 2.45. The Morgan fingerprint density at radius 2 is 2.12 bits per heavy atom. The van der Waals surface area contributed by atoms with Gasteiger partial charge in [0.25, 0.3) is 10.0 Å². The van der Waals surface area contributed by atoms with Crippen LogP contribution in [0, 0.1) is 17.7 Å². The van der Waals surface area contributed by atoms with E-state index in [1.54, 1.807) is 6.07 Å². The molecule has 1 aliphatic carbocycles. The summed E-state index contributed by atoms with van der Waals surface area (Å²) >= 11 is 0. The number of sulfonamides is 1. The minimum Gasteiger partial charge on any atom is -0.492 e. The highest BCUT2D eigenvalue weighted by atomic mass is 32.2. The van der Waals surface area contributed by atoms with Gasteiger partial charge in [-0.15, -0.1) is 0 Å². The van der Waals surface area contributed by atoms with Crippen LogP contribution in [0.4, 0.5) is 10.1 Å². The molecule has 0 bridgehead atoms. The molecule has 0 spiro atoms. The standard InChI is InChI=1S/C25H29FN2O5S/c1-3-28-9-8-15(13-28)10-16-11-18(26)4-7-22(16)34(30,31)27-21-6-5-19-20-12-17(20)14-33-24(19)23(21)25(29)32-2/h4-7,11,15,17,20,27H,3,8-10,12-14H2,1-2H3/t15-,17?,20?/m1/s1. The van der Waals surface area contributed by atoms with Crippen molar-refractivity contribution in [3.05, 3.63) is 52.8 Å². The SMILES string of the molecule is CCN1CC[C@H](Cc2cc(F)ccc2S(=O)(=O)Nc2ccc3c(c2C(=O)OC)OCC2CC32)C1. The Bertz CT molecular complexity index is 1230. The van der Waals surface area contributed by atoms with Gasteiger partial charge in [0.1, 0.15) is 17.1 Å². The van der Waals surface area contributed by atoms with E-state index in [-0.39, 0.29) is 22.1 Å². The van der Waals surface area contributed by atoms with E-state index in [1.807, 2.05) is 6.07 Å². The van der Waals surface area contributed by atoms with Crippen LogP contribution in [0.2, 0.25) is 0 Å². The van der Waals surface area contributed by atoms with E-state index in [0.717, 1.165) is 44.1 Å². The number of methoxy groups -OCH3 is 1. The summed E-state index contributed by atoms with van der Waals surface area (Å²) in [4.78, 5) is 15.0. The van der Waals surface area contributed by atoms with Crippen LogP contribution in [0.15, 0.2) is 35.2 Å². The fourth-order valence-corrected chi connectivity index (χ4v) is 6.59. The summed E-state index contributed by atoms with van der Waals surface area (Å²) in [7, 11) is -2.86. The lowest BCUT2D eigenvalue weighted by molar-refractivity contribution is 0.0596. The number of hydrogen-bond acceptors (Lipinski definition) is 6. The van der Waals surface area contributed by atoms with Crippen molar-refractivity contribution in [2.24, 2.45) is 11.8 Å². The van der Waals surface area contributed by atoms with Crippen molar-refractivity contribution < 1.29 is 27.1 Å². The molecule has 2 aromatic rings. The molecule has 1 saturated heterocycles. The number of anilines is 1. The Kier molecular flexibility index (Phi) is 6.02. The average molecular weight is 489 g/mol. The van der Waals surface area contributed by atoms with Gasteiger partial charge in [-0.05, 0) is 79.6 Å². The molecule has 2 aromatic carbocycles. The Morgan fingerprint density at radius 1 is 1.29 bits per heavy atom. The molecular weight excluding hydrogens is 459 g/mol. The molecule has 0 radical (unpaired) electrons. The lowest BCUT2D eigenvalue weighted by Crippen LogP contribution is -2.22. The van der Waals surface area contributed by atoms with E-state index in [9.17, 15) is 17.6 Å². The molecule has 2 fully saturated rings. The topological polar surface area (TPSA) is 84.9 Å². The second kappa shape index (κ2) is 8.85. The first kappa shape index (κ1) is 23.1. The zero-order valence-corrected chi connectivity index (χ0v) is 20.2. The largest absolute Gasteiger partial charge is 0.492 e. The van der Waals surface area contributed by atoms with Crippen LogP contribution in [0.1, 0.15) is 47.2 Å². The van der Waals surface area contributed by atoms with Crippen molar-refractivity contribution >= 4 is 21.7 Å². The van der Waals surface area contributed by atoms with Crippen LogP contribution in [0.25, 0.3) is 0 Å². The molecular formula is C25H29FN2O5S. The van der Waals surface area contributed by atoms with Gasteiger partial charge in [-0.3, -0.25) is 4.72 Å². The summed E-state index contributed by atoms with van der Waals surface area (Å²) in [5.41, 5.74) is 1.51. The van der Waals surface area contributed by atoms with Gasteiger partial charge in [0.05, 0.1) is 24.3 Å². The number of carbonyl (C=O) groups is 1. The number of hydrogen-bond donors (Lipinski definition) is 1. The highest BCUT2D eigenvalue weighted by Crippen LogP contribution is 2.55. The molecule has 182 valence electrons. The normalized spacial score (nSPS) is 23.6. The molecule has 0 aromatic heterocycles. The first-order valence-corrected chi connectivity index (χ1v) is 13.2. The van der Waals surface area contributed by atoms with Crippen LogP contribution >= 0.6 is 0 Å². The van der Waals surface area contributed by atoms with Crippen molar-refractivity contribution in [2.75, 3.05) is 38.1 Å². The zero-order chi connectivity index (χ0) is 24.0. The maximum atomic E-state index is 14.1. The molecule has 3 atom stereocenters. The van der Waals surface area contributed by atoms with Crippen LogP contribution in [0.5, 0.6) is 5.75 Å². The summed E-state index contributed by atoms with van der Waals surface area (Å²) < 4.78 is 54.5. The minimum atomic E-state index is -4.11. The Morgan fingerprint density at radius 3 is 2.85 bits per heavy atom. The summed E-state index contributed by atoms with van der Waals surface area (Å²) in [6.45, 7) is 5.34. The number of carbonyl (C=O) groups excluding carboxylic acids is 1.